The normalized spacial score (nSPS) is 31.9. The molecule has 3 heterocycles. The van der Waals surface area contributed by atoms with Crippen LogP contribution in [0.4, 0.5) is 0 Å². The minimum absolute atomic E-state index is 0.0121. The fourth-order valence-corrected chi connectivity index (χ4v) is 9.70. The van der Waals surface area contributed by atoms with Gasteiger partial charge in [-0.25, -0.2) is 9.59 Å². The monoisotopic (exact) mass is 1090 g/mol. The molecule has 1 aromatic rings. The van der Waals surface area contributed by atoms with Crippen molar-refractivity contribution in [1.82, 2.24) is 0 Å². The fourth-order valence-electron chi connectivity index (χ4n) is 8.72. The molecular weight excluding hydrogens is 1010 g/mol. The highest BCUT2D eigenvalue weighted by atomic mass is 79.9. The van der Waals surface area contributed by atoms with Crippen molar-refractivity contribution < 1.29 is 83.2 Å². The lowest BCUT2D eigenvalue weighted by atomic mass is 9.88. The lowest BCUT2D eigenvalue weighted by Gasteiger charge is -2.48. The summed E-state index contributed by atoms with van der Waals surface area (Å²) in [6.45, 7) is 19.7. The van der Waals surface area contributed by atoms with Crippen LogP contribution in [-0.2, 0) is 49.1 Å². The summed E-state index contributed by atoms with van der Waals surface area (Å²) in [6, 6.07) is 0. The molecule has 400 valence electrons. The molecule has 17 nitrogen and oxygen atoms in total. The van der Waals surface area contributed by atoms with Gasteiger partial charge in [-0.1, -0.05) is 75.2 Å². The second-order valence-corrected chi connectivity index (χ2v) is 20.7. The number of esters is 2. The van der Waals surface area contributed by atoms with E-state index in [1.165, 1.54) is 27.0 Å². The van der Waals surface area contributed by atoms with Gasteiger partial charge in [-0.05, 0) is 112 Å². The molecule has 0 aromatic heterocycles. The van der Waals surface area contributed by atoms with E-state index in [2.05, 4.69) is 15.9 Å². The van der Waals surface area contributed by atoms with Crippen molar-refractivity contribution in [3.05, 3.63) is 79.4 Å². The fraction of sp³-hybridized carbons (Fsp3) is 0.654. The first-order valence-corrected chi connectivity index (χ1v) is 25.3. The van der Waals surface area contributed by atoms with Gasteiger partial charge in [0.05, 0.1) is 46.7 Å². The van der Waals surface area contributed by atoms with Crippen LogP contribution in [0, 0.1) is 11.8 Å². The maximum absolute atomic E-state index is 14.0. The smallest absolute Gasteiger partial charge is 0.342 e. The van der Waals surface area contributed by atoms with Gasteiger partial charge in [0.1, 0.15) is 47.2 Å². The van der Waals surface area contributed by atoms with Crippen LogP contribution >= 0.6 is 27.5 Å². The van der Waals surface area contributed by atoms with Crippen LogP contribution in [0.15, 0.2) is 63.2 Å². The molecule has 0 spiro atoms. The van der Waals surface area contributed by atoms with Crippen LogP contribution in [0.3, 0.4) is 0 Å². The average Bonchev–Trinajstić information content (AvgIpc) is 3.30. The molecule has 19 heteroatoms. The zero-order valence-electron chi connectivity index (χ0n) is 42.8. The molecule has 2 fully saturated rings. The molecule has 1 aromatic carbocycles. The standard InChI is InChI=1S/C52H76BrClO17/c1-13-31-22-27(6)34(56)18-16-15-17-32(24-66-51-46(64-12)43(61)45(30(9)67-51)69-49(63)36-33(14-2)37(53)40(58)38(54)39(36)57)48(62)68-35(29(8)55)20-19-26(5)21-28(7)44(31)70-50-42(60)41(59)47(52(10,11)71-50)65-23-25(3)4/h15-17,19,21-22,25,29-31,34-35,41-47,50-51,55-61H,13-14,18,20,23-24H2,1-12H3. The van der Waals surface area contributed by atoms with Crippen molar-refractivity contribution in [3.63, 3.8) is 0 Å². The van der Waals surface area contributed by atoms with E-state index in [1.807, 2.05) is 46.8 Å². The summed E-state index contributed by atoms with van der Waals surface area (Å²) in [5.41, 5.74) is 0.980. The van der Waals surface area contributed by atoms with Gasteiger partial charge in [0.25, 0.3) is 0 Å². The van der Waals surface area contributed by atoms with E-state index < -0.39 is 120 Å². The lowest BCUT2D eigenvalue weighted by Crippen LogP contribution is -2.64. The molecule has 2 saturated heterocycles. The number of halogens is 2. The number of benzene rings is 1. The number of rotatable bonds is 14. The number of carbonyl (C=O) groups excluding carboxylic acids is 2. The number of hydrogen-bond acceptors (Lipinski definition) is 17. The number of carbonyl (C=O) groups is 2. The van der Waals surface area contributed by atoms with Crippen LogP contribution in [0.25, 0.3) is 0 Å². The molecule has 0 saturated carbocycles. The van der Waals surface area contributed by atoms with Crippen molar-refractivity contribution in [1.29, 1.82) is 0 Å². The van der Waals surface area contributed by atoms with E-state index in [-0.39, 0.29) is 52.3 Å². The topological polar surface area (TPSA) is 250 Å². The number of aromatic hydroxyl groups is 2. The summed E-state index contributed by atoms with van der Waals surface area (Å²) in [7, 11) is 1.28. The van der Waals surface area contributed by atoms with Crippen molar-refractivity contribution in [3.8, 4) is 11.5 Å². The van der Waals surface area contributed by atoms with E-state index in [4.69, 9.17) is 49.5 Å². The van der Waals surface area contributed by atoms with Gasteiger partial charge in [-0.3, -0.25) is 0 Å². The Morgan fingerprint density at radius 2 is 1.63 bits per heavy atom. The van der Waals surface area contributed by atoms with Gasteiger partial charge in [-0.2, -0.15) is 0 Å². The number of cyclic esters (lactones) is 1. The maximum atomic E-state index is 14.0. The van der Waals surface area contributed by atoms with Crippen LogP contribution < -0.4 is 0 Å². The Balaban J connectivity index is 1.60. The summed E-state index contributed by atoms with van der Waals surface area (Å²) in [5.74, 6) is -3.18. The van der Waals surface area contributed by atoms with E-state index in [0.717, 1.165) is 11.1 Å². The predicted molar refractivity (Wildman–Crippen MR) is 268 cm³/mol. The van der Waals surface area contributed by atoms with Crippen LogP contribution in [-0.4, -0.2) is 153 Å². The first-order valence-electron chi connectivity index (χ1n) is 24.2. The van der Waals surface area contributed by atoms with Crippen molar-refractivity contribution in [2.24, 2.45) is 11.8 Å². The molecule has 14 atom stereocenters. The van der Waals surface area contributed by atoms with E-state index in [0.29, 0.717) is 18.6 Å². The third-order valence-corrected chi connectivity index (χ3v) is 14.1. The van der Waals surface area contributed by atoms with Crippen molar-refractivity contribution in [2.75, 3.05) is 20.3 Å². The Morgan fingerprint density at radius 3 is 2.24 bits per heavy atom. The van der Waals surface area contributed by atoms with E-state index >= 15 is 0 Å². The maximum Gasteiger partial charge on any atom is 0.342 e. The summed E-state index contributed by atoms with van der Waals surface area (Å²) >= 11 is 9.31. The number of aliphatic hydroxyl groups is 5. The van der Waals surface area contributed by atoms with Gasteiger partial charge in [0.2, 0.25) is 0 Å². The molecule has 14 unspecified atom stereocenters. The number of phenolic OH excluding ortho intramolecular Hbond substituents is 2. The molecule has 0 bridgehead atoms. The van der Waals surface area contributed by atoms with Gasteiger partial charge in [0.15, 0.2) is 30.2 Å². The molecule has 4 rings (SSSR count). The minimum Gasteiger partial charge on any atom is -0.505 e. The largest absolute Gasteiger partial charge is 0.505 e. The Labute approximate surface area is 431 Å². The van der Waals surface area contributed by atoms with Crippen molar-refractivity contribution in [2.45, 2.75) is 187 Å². The Hall–Kier alpha value is -3.21. The highest BCUT2D eigenvalue weighted by Crippen LogP contribution is 2.45. The SMILES string of the molecule is CCc1c(Br)c(O)c(Cl)c(O)c1C(=O)OC1C(C)OC(OCC2=CC=CCC(O)C(C)=CC(CC)C(OC3OC(C)(C)C(OCC(C)C)C(O)C3O)C(C)=CC(C)=CCC(C(C)O)OC2=O)C(OC)C1O. The second-order valence-electron chi connectivity index (χ2n) is 19.5. The van der Waals surface area contributed by atoms with Gasteiger partial charge < -0.3 is 73.6 Å². The molecule has 3 aliphatic rings. The van der Waals surface area contributed by atoms with Crippen LogP contribution in [0.2, 0.25) is 5.02 Å². The molecule has 0 radical (unpaired) electrons. The summed E-state index contributed by atoms with van der Waals surface area (Å²) < 4.78 is 48.3. The number of ether oxygens (including phenoxy) is 8. The van der Waals surface area contributed by atoms with Gasteiger partial charge in [-0.15, -0.1) is 0 Å². The molecule has 71 heavy (non-hydrogen) atoms. The minimum atomic E-state index is -1.54. The highest BCUT2D eigenvalue weighted by molar-refractivity contribution is 9.10. The van der Waals surface area contributed by atoms with Gasteiger partial charge in [0, 0.05) is 26.1 Å². The average molecular weight is 1090 g/mol. The molecule has 3 aliphatic heterocycles. The highest BCUT2D eigenvalue weighted by Gasteiger charge is 2.52. The predicted octanol–water partition coefficient (Wildman–Crippen LogP) is 6.82. The lowest BCUT2D eigenvalue weighted by molar-refractivity contribution is -0.338. The number of methoxy groups -OCH3 is 1. The summed E-state index contributed by atoms with van der Waals surface area (Å²) in [6.07, 6.45) is -3.80. The molecular formula is C52H76BrClO17. The van der Waals surface area contributed by atoms with Crippen LogP contribution in [0.5, 0.6) is 11.5 Å². The Kier molecular flexibility index (Phi) is 22.8. The third kappa shape index (κ3) is 15.2. The zero-order chi connectivity index (χ0) is 53.2. The van der Waals surface area contributed by atoms with E-state index in [9.17, 15) is 45.3 Å². The summed E-state index contributed by atoms with van der Waals surface area (Å²) in [5, 5.41) is 77.0. The number of allylic oxidation sites excluding steroid dienone is 4. The Morgan fingerprint density at radius 1 is 0.958 bits per heavy atom. The number of phenols is 2. The van der Waals surface area contributed by atoms with Crippen LogP contribution in [0.1, 0.15) is 111 Å². The van der Waals surface area contributed by atoms with E-state index in [1.54, 1.807) is 45.9 Å². The number of hydrogen-bond donors (Lipinski definition) is 7. The first kappa shape index (κ1) is 60.3. The number of aliphatic hydroxyl groups excluding tert-OH is 5. The second kappa shape index (κ2) is 26.8. The summed E-state index contributed by atoms with van der Waals surface area (Å²) in [4.78, 5) is 27.5. The molecule has 7 N–H and O–H groups in total. The zero-order valence-corrected chi connectivity index (χ0v) is 45.2. The molecule has 0 amide bonds. The van der Waals surface area contributed by atoms with Gasteiger partial charge >= 0.3 is 11.9 Å². The quantitative estimate of drug-likeness (QED) is 0.0746. The Bertz CT molecular complexity index is 2130. The third-order valence-electron chi connectivity index (χ3n) is 12.9. The first-order chi connectivity index (χ1) is 33.3. The molecule has 0 aliphatic carbocycles. The van der Waals surface area contributed by atoms with Crippen molar-refractivity contribution >= 4 is 39.5 Å².